The predicted octanol–water partition coefficient (Wildman–Crippen LogP) is 1.73. The van der Waals surface area contributed by atoms with Gasteiger partial charge < -0.3 is 15.7 Å². The Kier molecular flexibility index (Phi) is 3.11. The maximum Gasteiger partial charge on any atom is 0.146 e. The molecule has 1 fully saturated rings. The zero-order valence-electron chi connectivity index (χ0n) is 8.36. The molecule has 3 N–H and O–H groups in total. The normalized spacial score (nSPS) is 21.7. The number of aromatic nitrogens is 1. The Balaban J connectivity index is 2.31. The Labute approximate surface area is 97.2 Å². The third kappa shape index (κ3) is 2.08. The second-order valence-electron chi connectivity index (χ2n) is 3.71. The van der Waals surface area contributed by atoms with Gasteiger partial charge in [0.05, 0.1) is 10.2 Å². The van der Waals surface area contributed by atoms with Crippen molar-refractivity contribution in [2.45, 2.75) is 25.5 Å². The van der Waals surface area contributed by atoms with Crippen LogP contribution >= 0.6 is 15.9 Å². The van der Waals surface area contributed by atoms with Crippen molar-refractivity contribution in [2.75, 3.05) is 17.2 Å². The van der Waals surface area contributed by atoms with Crippen LogP contribution in [0.2, 0.25) is 0 Å². The summed E-state index contributed by atoms with van der Waals surface area (Å²) in [4.78, 5) is 6.15. The van der Waals surface area contributed by atoms with Crippen molar-refractivity contribution in [1.82, 2.24) is 4.98 Å². The highest BCUT2D eigenvalue weighted by Crippen LogP contribution is 2.32. The molecule has 1 aromatic heterocycles. The van der Waals surface area contributed by atoms with Gasteiger partial charge in [-0.3, -0.25) is 0 Å². The van der Waals surface area contributed by atoms with Gasteiger partial charge in [0.2, 0.25) is 0 Å². The lowest BCUT2D eigenvalue weighted by Crippen LogP contribution is -2.40. The summed E-state index contributed by atoms with van der Waals surface area (Å²) in [5, 5.41) is 9.86. The van der Waals surface area contributed by atoms with Crippen LogP contribution in [0, 0.1) is 0 Å². The van der Waals surface area contributed by atoms with Crippen LogP contribution < -0.4 is 10.6 Å². The molecule has 1 unspecified atom stereocenters. The van der Waals surface area contributed by atoms with E-state index >= 15 is 0 Å². The number of rotatable bonds is 1. The molecule has 2 rings (SSSR count). The van der Waals surface area contributed by atoms with E-state index in [0.717, 1.165) is 36.1 Å². The number of piperidine rings is 1. The Bertz CT molecular complexity index is 359. The number of aliphatic hydroxyl groups is 1. The predicted molar refractivity (Wildman–Crippen MR) is 63.6 cm³/mol. The third-order valence-electron chi connectivity index (χ3n) is 2.64. The molecular weight excluding hydrogens is 258 g/mol. The van der Waals surface area contributed by atoms with E-state index in [1.165, 1.54) is 0 Å². The summed E-state index contributed by atoms with van der Waals surface area (Å²) in [7, 11) is 0. The average molecular weight is 272 g/mol. The third-order valence-corrected chi connectivity index (χ3v) is 3.46. The summed E-state index contributed by atoms with van der Waals surface area (Å²) in [5.41, 5.74) is 6.43. The van der Waals surface area contributed by atoms with Crippen LogP contribution in [0.25, 0.3) is 0 Å². The summed E-state index contributed by atoms with van der Waals surface area (Å²) in [6.45, 7) is 0.830. The fourth-order valence-corrected chi connectivity index (χ4v) is 2.27. The molecule has 0 bridgehead atoms. The van der Waals surface area contributed by atoms with Gasteiger partial charge in [0.25, 0.3) is 0 Å². The van der Waals surface area contributed by atoms with Crippen molar-refractivity contribution < 1.29 is 5.11 Å². The van der Waals surface area contributed by atoms with Crippen molar-refractivity contribution in [3.05, 3.63) is 16.7 Å². The molecule has 0 radical (unpaired) electrons. The summed E-state index contributed by atoms with van der Waals surface area (Å²) >= 11 is 3.40. The summed E-state index contributed by atoms with van der Waals surface area (Å²) in [6, 6.07) is 1.74. The van der Waals surface area contributed by atoms with Crippen LogP contribution in [-0.2, 0) is 0 Å². The smallest absolute Gasteiger partial charge is 0.146 e. The van der Waals surface area contributed by atoms with Gasteiger partial charge in [0.1, 0.15) is 12.0 Å². The van der Waals surface area contributed by atoms with E-state index in [9.17, 15) is 5.11 Å². The number of anilines is 2. The summed E-state index contributed by atoms with van der Waals surface area (Å²) < 4.78 is 0.769. The molecule has 0 saturated carbocycles. The van der Waals surface area contributed by atoms with E-state index in [4.69, 9.17) is 5.73 Å². The lowest BCUT2D eigenvalue weighted by molar-refractivity contribution is 0.139. The number of pyridine rings is 1. The second-order valence-corrected chi connectivity index (χ2v) is 4.50. The lowest BCUT2D eigenvalue weighted by atomic mass is 10.1. The highest BCUT2D eigenvalue weighted by atomic mass is 79.9. The molecular formula is C10H14BrN3O. The largest absolute Gasteiger partial charge is 0.398 e. The molecule has 0 aromatic carbocycles. The number of nitrogen functional groups attached to an aromatic ring is 1. The van der Waals surface area contributed by atoms with E-state index in [1.54, 1.807) is 12.3 Å². The van der Waals surface area contributed by atoms with Crippen molar-refractivity contribution in [1.29, 1.82) is 0 Å². The lowest BCUT2D eigenvalue weighted by Gasteiger charge is -2.33. The van der Waals surface area contributed by atoms with Crippen LogP contribution in [0.3, 0.4) is 0 Å². The number of nitrogens with zero attached hydrogens (tertiary/aromatic N) is 2. The fraction of sp³-hybridized carbons (Fsp3) is 0.500. The first-order valence-electron chi connectivity index (χ1n) is 5.05. The van der Waals surface area contributed by atoms with E-state index in [2.05, 4.69) is 20.9 Å². The molecule has 4 nitrogen and oxygen atoms in total. The monoisotopic (exact) mass is 271 g/mol. The number of nitrogens with two attached hydrogens (primary N) is 1. The SMILES string of the molecule is Nc1ccnc(N2CCCCC2O)c1Br. The van der Waals surface area contributed by atoms with Gasteiger partial charge in [-0.2, -0.15) is 0 Å². The molecule has 1 atom stereocenters. The first kappa shape index (κ1) is 10.7. The van der Waals surface area contributed by atoms with Crippen molar-refractivity contribution in [3.63, 3.8) is 0 Å². The second kappa shape index (κ2) is 4.37. The van der Waals surface area contributed by atoms with Gasteiger partial charge >= 0.3 is 0 Å². The number of halogens is 1. The molecule has 1 saturated heterocycles. The van der Waals surface area contributed by atoms with Crippen LogP contribution in [0.4, 0.5) is 11.5 Å². The minimum Gasteiger partial charge on any atom is -0.398 e. The number of aliphatic hydroxyl groups excluding tert-OH is 1. The first-order chi connectivity index (χ1) is 7.20. The van der Waals surface area contributed by atoms with Gasteiger partial charge in [0, 0.05) is 12.7 Å². The van der Waals surface area contributed by atoms with Gasteiger partial charge in [0.15, 0.2) is 0 Å². The minimum absolute atomic E-state index is 0.440. The molecule has 0 amide bonds. The molecule has 1 aromatic rings. The highest BCUT2D eigenvalue weighted by Gasteiger charge is 2.23. The standard InChI is InChI=1S/C10H14BrN3O/c11-9-7(12)4-5-13-10(9)14-6-2-1-3-8(14)15/h4-5,8,15H,1-3,6H2,(H2,12,13). The molecule has 1 aliphatic rings. The Morgan fingerprint density at radius 1 is 1.53 bits per heavy atom. The maximum atomic E-state index is 9.86. The molecule has 2 heterocycles. The van der Waals surface area contributed by atoms with Crippen molar-refractivity contribution in [2.24, 2.45) is 0 Å². The molecule has 0 spiro atoms. The van der Waals surface area contributed by atoms with Crippen molar-refractivity contribution >= 4 is 27.4 Å². The quantitative estimate of drug-likeness (QED) is 0.817. The van der Waals surface area contributed by atoms with Crippen LogP contribution in [0.1, 0.15) is 19.3 Å². The Morgan fingerprint density at radius 2 is 2.33 bits per heavy atom. The average Bonchev–Trinajstić information content (AvgIpc) is 2.23. The molecule has 0 aliphatic carbocycles. The maximum absolute atomic E-state index is 9.86. The molecule has 15 heavy (non-hydrogen) atoms. The Hall–Kier alpha value is -0.810. The van der Waals surface area contributed by atoms with Crippen molar-refractivity contribution in [3.8, 4) is 0 Å². The topological polar surface area (TPSA) is 62.4 Å². The fourth-order valence-electron chi connectivity index (χ4n) is 1.81. The number of hydrogen-bond acceptors (Lipinski definition) is 4. The summed E-state index contributed by atoms with van der Waals surface area (Å²) in [5.74, 6) is 0.738. The van der Waals surface area contributed by atoms with E-state index in [1.807, 2.05) is 4.90 Å². The van der Waals surface area contributed by atoms with Gasteiger partial charge in [-0.05, 0) is 41.3 Å². The first-order valence-corrected chi connectivity index (χ1v) is 5.84. The minimum atomic E-state index is -0.440. The Morgan fingerprint density at radius 3 is 3.07 bits per heavy atom. The van der Waals surface area contributed by atoms with Crippen LogP contribution in [0.5, 0.6) is 0 Å². The number of hydrogen-bond donors (Lipinski definition) is 2. The van der Waals surface area contributed by atoms with Gasteiger partial charge in [-0.1, -0.05) is 0 Å². The molecule has 1 aliphatic heterocycles. The zero-order chi connectivity index (χ0) is 10.8. The highest BCUT2D eigenvalue weighted by molar-refractivity contribution is 9.10. The van der Waals surface area contributed by atoms with Crippen LogP contribution in [0.15, 0.2) is 16.7 Å². The van der Waals surface area contributed by atoms with E-state index in [0.29, 0.717) is 5.69 Å². The van der Waals surface area contributed by atoms with Gasteiger partial charge in [-0.25, -0.2) is 4.98 Å². The van der Waals surface area contributed by atoms with E-state index in [-0.39, 0.29) is 0 Å². The summed E-state index contributed by atoms with van der Waals surface area (Å²) in [6.07, 6.45) is 4.17. The molecule has 82 valence electrons. The van der Waals surface area contributed by atoms with Crippen LogP contribution in [-0.4, -0.2) is 22.9 Å². The zero-order valence-corrected chi connectivity index (χ0v) is 9.94. The molecule has 5 heteroatoms. The van der Waals surface area contributed by atoms with Gasteiger partial charge in [-0.15, -0.1) is 0 Å². The van der Waals surface area contributed by atoms with E-state index < -0.39 is 6.23 Å².